The van der Waals surface area contributed by atoms with E-state index in [4.69, 9.17) is 5.73 Å². The molecule has 5 heteroatoms. The Balaban J connectivity index is 2.39. The SMILES string of the molecule is Cc1nn(C)c(C)c1C1(N)CC(F)(F)C1. The molecule has 2 rings (SSSR count). The molecule has 0 unspecified atom stereocenters. The molecule has 84 valence electrons. The molecule has 0 aliphatic heterocycles. The number of hydrogen-bond acceptors (Lipinski definition) is 2. The lowest BCUT2D eigenvalue weighted by Crippen LogP contribution is -2.56. The van der Waals surface area contributed by atoms with E-state index in [9.17, 15) is 8.78 Å². The first-order valence-electron chi connectivity index (χ1n) is 4.93. The van der Waals surface area contributed by atoms with Crippen LogP contribution in [-0.4, -0.2) is 15.7 Å². The molecule has 1 aliphatic carbocycles. The first kappa shape index (κ1) is 10.5. The van der Waals surface area contributed by atoms with Crippen LogP contribution in [0.15, 0.2) is 0 Å². The van der Waals surface area contributed by atoms with Gasteiger partial charge in [-0.3, -0.25) is 4.68 Å². The number of aryl methyl sites for hydroxylation is 2. The topological polar surface area (TPSA) is 43.8 Å². The summed E-state index contributed by atoms with van der Waals surface area (Å²) in [7, 11) is 1.80. The molecule has 1 saturated carbocycles. The zero-order valence-corrected chi connectivity index (χ0v) is 9.14. The molecule has 0 aromatic carbocycles. The Bertz CT molecular complexity index is 401. The number of rotatable bonds is 1. The maximum Gasteiger partial charge on any atom is 0.252 e. The third-order valence-corrected chi connectivity index (χ3v) is 3.16. The summed E-state index contributed by atoms with van der Waals surface area (Å²) in [5, 5.41) is 4.20. The Morgan fingerprint density at radius 1 is 1.33 bits per heavy atom. The van der Waals surface area contributed by atoms with Gasteiger partial charge in [-0.2, -0.15) is 5.10 Å². The number of hydrogen-bond donors (Lipinski definition) is 1. The lowest BCUT2D eigenvalue weighted by Gasteiger charge is -2.44. The van der Waals surface area contributed by atoms with E-state index >= 15 is 0 Å². The average molecular weight is 215 g/mol. The van der Waals surface area contributed by atoms with E-state index in [1.807, 2.05) is 13.8 Å². The summed E-state index contributed by atoms with van der Waals surface area (Å²) in [6.07, 6.45) is -0.541. The molecule has 0 bridgehead atoms. The van der Waals surface area contributed by atoms with E-state index in [2.05, 4.69) is 5.10 Å². The van der Waals surface area contributed by atoms with Crippen molar-refractivity contribution >= 4 is 0 Å². The normalized spacial score (nSPS) is 22.5. The van der Waals surface area contributed by atoms with E-state index in [-0.39, 0.29) is 12.8 Å². The van der Waals surface area contributed by atoms with Crippen molar-refractivity contribution in [2.24, 2.45) is 12.8 Å². The molecule has 0 spiro atoms. The van der Waals surface area contributed by atoms with Crippen LogP contribution in [0.2, 0.25) is 0 Å². The number of aromatic nitrogens is 2. The van der Waals surface area contributed by atoms with E-state index in [0.717, 1.165) is 17.0 Å². The Morgan fingerprint density at radius 2 is 1.87 bits per heavy atom. The molecule has 0 radical (unpaired) electrons. The van der Waals surface area contributed by atoms with Crippen molar-refractivity contribution in [1.82, 2.24) is 9.78 Å². The zero-order chi connectivity index (χ0) is 11.4. The minimum absolute atomic E-state index is 0.270. The third kappa shape index (κ3) is 1.45. The Kier molecular flexibility index (Phi) is 1.96. The van der Waals surface area contributed by atoms with Gasteiger partial charge in [-0.1, -0.05) is 0 Å². The second-order valence-electron chi connectivity index (χ2n) is 4.54. The van der Waals surface area contributed by atoms with Crippen LogP contribution in [0.4, 0.5) is 8.78 Å². The summed E-state index contributed by atoms with van der Waals surface area (Å²) in [5.74, 6) is -2.61. The van der Waals surface area contributed by atoms with Crippen LogP contribution in [-0.2, 0) is 12.6 Å². The molecular formula is C10H15F2N3. The van der Waals surface area contributed by atoms with Gasteiger partial charge in [0.15, 0.2) is 0 Å². The average Bonchev–Trinajstić information content (AvgIpc) is 2.22. The predicted octanol–water partition coefficient (Wildman–Crippen LogP) is 1.62. The second kappa shape index (κ2) is 2.78. The molecule has 0 saturated heterocycles. The molecule has 3 nitrogen and oxygen atoms in total. The van der Waals surface area contributed by atoms with Gasteiger partial charge in [-0.25, -0.2) is 8.78 Å². The maximum atomic E-state index is 12.9. The van der Waals surface area contributed by atoms with Crippen molar-refractivity contribution in [3.8, 4) is 0 Å². The number of halogens is 2. The van der Waals surface area contributed by atoms with Crippen LogP contribution in [0.5, 0.6) is 0 Å². The van der Waals surface area contributed by atoms with Crippen LogP contribution in [0.1, 0.15) is 29.8 Å². The molecule has 0 atom stereocenters. The van der Waals surface area contributed by atoms with Gasteiger partial charge < -0.3 is 5.73 Å². The molecule has 0 amide bonds. The molecule has 1 aromatic rings. The lowest BCUT2D eigenvalue weighted by atomic mass is 9.69. The molecule has 1 aliphatic rings. The van der Waals surface area contributed by atoms with Gasteiger partial charge in [-0.05, 0) is 13.8 Å². The van der Waals surface area contributed by atoms with Crippen molar-refractivity contribution in [2.75, 3.05) is 0 Å². The van der Waals surface area contributed by atoms with Crippen molar-refractivity contribution < 1.29 is 8.78 Å². The summed E-state index contributed by atoms with van der Waals surface area (Å²) in [4.78, 5) is 0. The summed E-state index contributed by atoms with van der Waals surface area (Å²) < 4.78 is 27.5. The fourth-order valence-corrected chi connectivity index (χ4v) is 2.54. The number of nitrogens with zero attached hydrogens (tertiary/aromatic N) is 2. The van der Waals surface area contributed by atoms with Crippen LogP contribution < -0.4 is 5.73 Å². The number of nitrogens with two attached hydrogens (primary N) is 1. The van der Waals surface area contributed by atoms with Gasteiger partial charge >= 0.3 is 0 Å². The summed E-state index contributed by atoms with van der Waals surface area (Å²) >= 11 is 0. The lowest BCUT2D eigenvalue weighted by molar-refractivity contribution is -0.125. The van der Waals surface area contributed by atoms with E-state index in [0.29, 0.717) is 0 Å². The first-order valence-corrected chi connectivity index (χ1v) is 4.93. The van der Waals surface area contributed by atoms with Crippen LogP contribution in [0.3, 0.4) is 0 Å². The largest absolute Gasteiger partial charge is 0.321 e. The summed E-state index contributed by atoms with van der Waals surface area (Å²) in [6, 6.07) is 0. The molecule has 1 fully saturated rings. The minimum Gasteiger partial charge on any atom is -0.321 e. The molecule has 1 aromatic heterocycles. The van der Waals surface area contributed by atoms with Crippen LogP contribution in [0.25, 0.3) is 0 Å². The molecule has 1 heterocycles. The Hall–Kier alpha value is -0.970. The first-order chi connectivity index (χ1) is 6.75. The van der Waals surface area contributed by atoms with Gasteiger partial charge in [0.2, 0.25) is 0 Å². The predicted molar refractivity (Wildman–Crippen MR) is 52.7 cm³/mol. The van der Waals surface area contributed by atoms with Gasteiger partial charge in [0, 0.05) is 31.1 Å². The van der Waals surface area contributed by atoms with Crippen LogP contribution >= 0.6 is 0 Å². The van der Waals surface area contributed by atoms with E-state index in [1.54, 1.807) is 11.7 Å². The van der Waals surface area contributed by atoms with Gasteiger partial charge in [0.25, 0.3) is 5.92 Å². The highest BCUT2D eigenvalue weighted by molar-refractivity contribution is 5.36. The third-order valence-electron chi connectivity index (χ3n) is 3.16. The standard InChI is InChI=1S/C10H15F2N3/c1-6-8(7(2)15(3)14-6)9(13)4-10(11,12)5-9/h4-5,13H2,1-3H3. The summed E-state index contributed by atoms with van der Waals surface area (Å²) in [5.41, 5.74) is 7.52. The highest BCUT2D eigenvalue weighted by Gasteiger charge is 2.56. The van der Waals surface area contributed by atoms with E-state index in [1.165, 1.54) is 0 Å². The van der Waals surface area contributed by atoms with Crippen LogP contribution in [0, 0.1) is 13.8 Å². The van der Waals surface area contributed by atoms with Crippen molar-refractivity contribution in [3.05, 3.63) is 17.0 Å². The second-order valence-corrected chi connectivity index (χ2v) is 4.54. The molecular weight excluding hydrogens is 200 g/mol. The fourth-order valence-electron chi connectivity index (χ4n) is 2.54. The van der Waals surface area contributed by atoms with Crippen molar-refractivity contribution in [1.29, 1.82) is 0 Å². The fraction of sp³-hybridized carbons (Fsp3) is 0.700. The quantitative estimate of drug-likeness (QED) is 0.773. The number of alkyl halides is 2. The summed E-state index contributed by atoms with van der Waals surface area (Å²) in [6.45, 7) is 3.67. The molecule has 15 heavy (non-hydrogen) atoms. The highest BCUT2D eigenvalue weighted by Crippen LogP contribution is 2.51. The smallest absolute Gasteiger partial charge is 0.252 e. The Labute approximate surface area is 87.3 Å². The maximum absolute atomic E-state index is 12.9. The zero-order valence-electron chi connectivity index (χ0n) is 9.14. The van der Waals surface area contributed by atoms with Gasteiger partial charge in [-0.15, -0.1) is 0 Å². The Morgan fingerprint density at radius 3 is 2.20 bits per heavy atom. The van der Waals surface area contributed by atoms with Gasteiger partial charge in [0.1, 0.15) is 0 Å². The van der Waals surface area contributed by atoms with Crippen molar-refractivity contribution in [3.63, 3.8) is 0 Å². The highest BCUT2D eigenvalue weighted by atomic mass is 19.3. The van der Waals surface area contributed by atoms with E-state index < -0.39 is 11.5 Å². The molecule has 2 N–H and O–H groups in total. The van der Waals surface area contributed by atoms with Gasteiger partial charge in [0.05, 0.1) is 11.2 Å². The monoisotopic (exact) mass is 215 g/mol. The minimum atomic E-state index is -2.61. The van der Waals surface area contributed by atoms with Crippen molar-refractivity contribution in [2.45, 2.75) is 38.2 Å².